The number of hydrogen-bond acceptors (Lipinski definition) is 4. The molecule has 5 nitrogen and oxygen atoms in total. The Morgan fingerprint density at radius 1 is 1.47 bits per heavy atom. The molecule has 1 aromatic rings. The summed E-state index contributed by atoms with van der Waals surface area (Å²) in [6.07, 6.45) is 2.85. The monoisotopic (exact) mass is 254 g/mol. The van der Waals surface area contributed by atoms with Gasteiger partial charge < -0.3 is 9.47 Å². The van der Waals surface area contributed by atoms with Crippen LogP contribution in [0.1, 0.15) is 25.5 Å². The van der Waals surface area contributed by atoms with Crippen LogP contribution in [-0.4, -0.2) is 43.6 Å². The van der Waals surface area contributed by atoms with Crippen molar-refractivity contribution in [3.63, 3.8) is 0 Å². The van der Waals surface area contributed by atoms with Gasteiger partial charge in [-0.05, 0) is 13.2 Å². The molecule has 94 valence electrons. The fourth-order valence-corrected chi connectivity index (χ4v) is 2.38. The second-order valence-corrected chi connectivity index (χ2v) is 5.35. The Balaban J connectivity index is 2.11. The molecule has 0 saturated heterocycles. The number of aromatic nitrogens is 3. The van der Waals surface area contributed by atoms with Crippen molar-refractivity contribution in [3.8, 4) is 0 Å². The lowest BCUT2D eigenvalue weighted by Crippen LogP contribution is -2.42. The SMILES string of the molecule is CCc1nnc2n1CCN(C(=O)C(C)SC)C2. The molecular formula is C11H18N4OS. The van der Waals surface area contributed by atoms with Gasteiger partial charge in [-0.2, -0.15) is 11.8 Å². The molecule has 0 N–H and O–H groups in total. The van der Waals surface area contributed by atoms with Crippen molar-refractivity contribution in [1.82, 2.24) is 19.7 Å². The van der Waals surface area contributed by atoms with E-state index < -0.39 is 0 Å². The fourth-order valence-electron chi connectivity index (χ4n) is 2.03. The Hall–Kier alpha value is -1.04. The van der Waals surface area contributed by atoms with E-state index in [1.54, 1.807) is 11.8 Å². The van der Waals surface area contributed by atoms with Crippen molar-refractivity contribution < 1.29 is 4.79 Å². The van der Waals surface area contributed by atoms with Crippen LogP contribution >= 0.6 is 11.8 Å². The van der Waals surface area contributed by atoms with Crippen LogP contribution in [0, 0.1) is 0 Å². The Kier molecular flexibility index (Phi) is 3.71. The number of fused-ring (bicyclic) bond motifs is 1. The molecule has 1 aliphatic rings. The molecule has 1 amide bonds. The van der Waals surface area contributed by atoms with Gasteiger partial charge in [-0.15, -0.1) is 10.2 Å². The standard InChI is InChI=1S/C11H18N4OS/c1-4-9-12-13-10-7-14(5-6-15(9)10)11(16)8(2)17-3/h8H,4-7H2,1-3H3. The van der Waals surface area contributed by atoms with Gasteiger partial charge >= 0.3 is 0 Å². The van der Waals surface area contributed by atoms with Gasteiger partial charge in [-0.3, -0.25) is 4.79 Å². The number of rotatable bonds is 3. The van der Waals surface area contributed by atoms with Crippen molar-refractivity contribution in [1.29, 1.82) is 0 Å². The number of thioether (sulfide) groups is 1. The maximum atomic E-state index is 12.1. The second-order valence-electron chi connectivity index (χ2n) is 4.18. The summed E-state index contributed by atoms with van der Waals surface area (Å²) >= 11 is 1.58. The number of hydrogen-bond donors (Lipinski definition) is 0. The van der Waals surface area contributed by atoms with E-state index in [1.165, 1.54) is 0 Å². The average molecular weight is 254 g/mol. The molecule has 0 radical (unpaired) electrons. The minimum Gasteiger partial charge on any atom is -0.332 e. The first kappa shape index (κ1) is 12.4. The highest BCUT2D eigenvalue weighted by Gasteiger charge is 2.26. The van der Waals surface area contributed by atoms with E-state index >= 15 is 0 Å². The van der Waals surface area contributed by atoms with Crippen LogP contribution in [0.15, 0.2) is 0 Å². The summed E-state index contributed by atoms with van der Waals surface area (Å²) in [6, 6.07) is 0. The van der Waals surface area contributed by atoms with Gasteiger partial charge in [0.1, 0.15) is 5.82 Å². The van der Waals surface area contributed by atoms with Crippen molar-refractivity contribution >= 4 is 17.7 Å². The van der Waals surface area contributed by atoms with Gasteiger partial charge in [0.05, 0.1) is 11.8 Å². The molecule has 0 saturated carbocycles. The zero-order valence-electron chi connectivity index (χ0n) is 10.5. The third-order valence-electron chi connectivity index (χ3n) is 3.16. The molecule has 2 rings (SSSR count). The van der Waals surface area contributed by atoms with Crippen LogP contribution in [0.2, 0.25) is 0 Å². The van der Waals surface area contributed by atoms with E-state index in [0.717, 1.165) is 31.2 Å². The van der Waals surface area contributed by atoms with E-state index in [1.807, 2.05) is 18.1 Å². The highest BCUT2D eigenvalue weighted by Crippen LogP contribution is 2.16. The van der Waals surface area contributed by atoms with Crippen molar-refractivity contribution in [2.24, 2.45) is 0 Å². The molecule has 0 fully saturated rings. The fraction of sp³-hybridized carbons (Fsp3) is 0.727. The first-order valence-electron chi connectivity index (χ1n) is 5.90. The van der Waals surface area contributed by atoms with Gasteiger partial charge in [-0.25, -0.2) is 0 Å². The molecule has 1 aromatic heterocycles. The van der Waals surface area contributed by atoms with Crippen molar-refractivity contribution in [3.05, 3.63) is 11.6 Å². The van der Waals surface area contributed by atoms with Crippen LogP contribution in [0.3, 0.4) is 0 Å². The van der Waals surface area contributed by atoms with Crippen molar-refractivity contribution in [2.45, 2.75) is 38.6 Å². The zero-order chi connectivity index (χ0) is 12.4. The summed E-state index contributed by atoms with van der Waals surface area (Å²) < 4.78 is 2.13. The molecule has 1 atom stereocenters. The molecule has 1 aliphatic heterocycles. The van der Waals surface area contributed by atoms with E-state index in [0.29, 0.717) is 6.54 Å². The Morgan fingerprint density at radius 2 is 2.24 bits per heavy atom. The molecule has 0 bridgehead atoms. The van der Waals surface area contributed by atoms with Gasteiger partial charge in [0.25, 0.3) is 0 Å². The summed E-state index contributed by atoms with van der Waals surface area (Å²) in [5.74, 6) is 2.13. The third kappa shape index (κ3) is 2.31. The number of carbonyl (C=O) groups excluding carboxylic acids is 1. The lowest BCUT2D eigenvalue weighted by molar-refractivity contribution is -0.131. The minimum atomic E-state index is 0.0233. The van der Waals surface area contributed by atoms with E-state index in [4.69, 9.17) is 0 Å². The third-order valence-corrected chi connectivity index (χ3v) is 4.07. The average Bonchev–Trinajstić information content (AvgIpc) is 2.78. The Bertz CT molecular complexity index is 418. The predicted octanol–water partition coefficient (Wildman–Crippen LogP) is 0.934. The lowest BCUT2D eigenvalue weighted by atomic mass is 10.3. The zero-order valence-corrected chi connectivity index (χ0v) is 11.3. The summed E-state index contributed by atoms with van der Waals surface area (Å²) in [7, 11) is 0. The van der Waals surface area contributed by atoms with Gasteiger partial charge in [0.2, 0.25) is 5.91 Å². The molecule has 17 heavy (non-hydrogen) atoms. The van der Waals surface area contributed by atoms with Crippen LogP contribution in [0.5, 0.6) is 0 Å². The molecular weight excluding hydrogens is 236 g/mol. The van der Waals surface area contributed by atoms with Crippen LogP contribution in [-0.2, 0) is 24.3 Å². The quantitative estimate of drug-likeness (QED) is 0.805. The van der Waals surface area contributed by atoms with E-state index in [9.17, 15) is 4.79 Å². The summed E-state index contributed by atoms with van der Waals surface area (Å²) in [5, 5.41) is 8.33. The Morgan fingerprint density at radius 3 is 2.88 bits per heavy atom. The minimum absolute atomic E-state index is 0.0233. The summed E-state index contributed by atoms with van der Waals surface area (Å²) in [4.78, 5) is 13.9. The second kappa shape index (κ2) is 5.08. The first-order chi connectivity index (χ1) is 8.17. The van der Waals surface area contributed by atoms with Gasteiger partial charge in [-0.1, -0.05) is 6.92 Å². The van der Waals surface area contributed by atoms with E-state index in [-0.39, 0.29) is 11.2 Å². The lowest BCUT2D eigenvalue weighted by Gasteiger charge is -2.29. The molecule has 1 unspecified atom stereocenters. The Labute approximate surface area is 106 Å². The smallest absolute Gasteiger partial charge is 0.235 e. The van der Waals surface area contributed by atoms with Crippen molar-refractivity contribution in [2.75, 3.05) is 12.8 Å². The molecule has 2 heterocycles. The molecule has 0 aliphatic carbocycles. The number of nitrogens with zero attached hydrogens (tertiary/aromatic N) is 4. The maximum Gasteiger partial charge on any atom is 0.235 e. The van der Waals surface area contributed by atoms with Crippen LogP contribution in [0.25, 0.3) is 0 Å². The number of aryl methyl sites for hydroxylation is 1. The van der Waals surface area contributed by atoms with E-state index in [2.05, 4.69) is 21.7 Å². The number of amides is 1. The van der Waals surface area contributed by atoms with Crippen LogP contribution < -0.4 is 0 Å². The summed E-state index contributed by atoms with van der Waals surface area (Å²) in [6.45, 7) is 6.20. The maximum absolute atomic E-state index is 12.1. The number of carbonyl (C=O) groups is 1. The highest BCUT2D eigenvalue weighted by molar-refractivity contribution is 7.99. The summed E-state index contributed by atoms with van der Waals surface area (Å²) in [5.41, 5.74) is 0. The largest absolute Gasteiger partial charge is 0.332 e. The van der Waals surface area contributed by atoms with Gasteiger partial charge in [0, 0.05) is 19.5 Å². The molecule has 0 spiro atoms. The molecule has 0 aromatic carbocycles. The predicted molar refractivity (Wildman–Crippen MR) is 67.8 cm³/mol. The molecule has 6 heteroatoms. The topological polar surface area (TPSA) is 51.0 Å². The normalized spacial score (nSPS) is 16.8. The van der Waals surface area contributed by atoms with Gasteiger partial charge in [0.15, 0.2) is 5.82 Å². The first-order valence-corrected chi connectivity index (χ1v) is 7.18. The van der Waals surface area contributed by atoms with Crippen LogP contribution in [0.4, 0.5) is 0 Å². The highest BCUT2D eigenvalue weighted by atomic mass is 32.2.